The van der Waals surface area contributed by atoms with Crippen LogP contribution in [0.25, 0.3) is 27.9 Å². The molecule has 0 fully saturated rings. The zero-order valence-electron chi connectivity index (χ0n) is 19.2. The second-order valence-electron chi connectivity index (χ2n) is 8.47. The van der Waals surface area contributed by atoms with Crippen molar-refractivity contribution in [3.63, 3.8) is 0 Å². The maximum atomic E-state index is 13.1. The van der Waals surface area contributed by atoms with E-state index in [-0.39, 0.29) is 16.3 Å². The fourth-order valence-electron chi connectivity index (χ4n) is 4.19. The van der Waals surface area contributed by atoms with E-state index in [0.29, 0.717) is 28.0 Å². The van der Waals surface area contributed by atoms with Gasteiger partial charge in [0.1, 0.15) is 22.1 Å². The van der Waals surface area contributed by atoms with Gasteiger partial charge in [-0.15, -0.1) is 0 Å². The van der Waals surface area contributed by atoms with Crippen molar-refractivity contribution < 1.29 is 14.3 Å². The normalized spacial score (nSPS) is 12.2. The molecule has 5 aromatic rings. The van der Waals surface area contributed by atoms with Crippen LogP contribution < -0.4 is 10.7 Å². The number of aryl methyl sites for hydroxylation is 2. The van der Waals surface area contributed by atoms with Crippen LogP contribution in [0.3, 0.4) is 0 Å². The molecule has 0 aliphatic carbocycles. The molecule has 0 aliphatic heterocycles. The number of carbonyl (C=O) groups is 1. The first-order chi connectivity index (χ1) is 16.7. The number of aromatic nitrogens is 3. The number of carboxylic acid groups (broad SMARTS) is 1. The summed E-state index contributed by atoms with van der Waals surface area (Å²) in [4.78, 5) is 33.1. The molecule has 176 valence electrons. The maximum absolute atomic E-state index is 13.1. The maximum Gasteiger partial charge on any atom is 0.356 e. The number of aromatic carboxylic acids is 1. The van der Waals surface area contributed by atoms with Gasteiger partial charge in [-0.1, -0.05) is 17.7 Å². The lowest BCUT2D eigenvalue weighted by molar-refractivity contribution is 0.0691. The second kappa shape index (κ2) is 8.56. The largest absolute Gasteiger partial charge is 0.476 e. The van der Waals surface area contributed by atoms with Gasteiger partial charge < -0.3 is 19.2 Å². The Hall–Kier alpha value is -4.17. The molecule has 4 aromatic heterocycles. The van der Waals surface area contributed by atoms with Gasteiger partial charge in [0.25, 0.3) is 0 Å². The minimum absolute atomic E-state index is 0.0855. The highest BCUT2D eigenvalue weighted by Crippen LogP contribution is 2.31. The number of nitrogens with one attached hydrogen (secondary N) is 1. The summed E-state index contributed by atoms with van der Waals surface area (Å²) in [5, 5.41) is 13.3. The first-order valence-corrected chi connectivity index (χ1v) is 11.3. The van der Waals surface area contributed by atoms with E-state index < -0.39 is 12.0 Å². The summed E-state index contributed by atoms with van der Waals surface area (Å²) >= 11 is 5.89. The van der Waals surface area contributed by atoms with Gasteiger partial charge in [0, 0.05) is 29.6 Å². The Morgan fingerprint density at radius 2 is 1.91 bits per heavy atom. The van der Waals surface area contributed by atoms with Gasteiger partial charge in [0.2, 0.25) is 0 Å². The Labute approximate surface area is 204 Å². The van der Waals surface area contributed by atoms with Gasteiger partial charge in [0.15, 0.2) is 11.1 Å². The molecule has 9 heteroatoms. The van der Waals surface area contributed by atoms with Crippen LogP contribution in [0.4, 0.5) is 5.69 Å². The molecule has 1 atom stereocenters. The van der Waals surface area contributed by atoms with Crippen molar-refractivity contribution >= 4 is 39.9 Å². The third kappa shape index (κ3) is 4.24. The predicted octanol–water partition coefficient (Wildman–Crippen LogP) is 5.64. The standard InChI is InChI=1S/C26H21ClN4O4/c1-13-8-17(15(3)29-19-5-6-22(27)30-24(19)26(33)34)25-18(9-13)20(32)10-21(35-25)16-4-7-23-28-14(2)11-31(23)12-16/h4-12,15,29H,1-3H3,(H,33,34)/t15-/m1/s1. The minimum atomic E-state index is -1.20. The molecule has 8 nitrogen and oxygen atoms in total. The number of hydrogen-bond donors (Lipinski definition) is 2. The van der Waals surface area contributed by atoms with Crippen LogP contribution in [0, 0.1) is 13.8 Å². The summed E-state index contributed by atoms with van der Waals surface area (Å²) in [5.41, 5.74) is 4.39. The zero-order chi connectivity index (χ0) is 24.9. The zero-order valence-corrected chi connectivity index (χ0v) is 19.9. The van der Waals surface area contributed by atoms with Gasteiger partial charge in [-0.2, -0.15) is 0 Å². The van der Waals surface area contributed by atoms with Gasteiger partial charge in [-0.05, 0) is 56.7 Å². The van der Waals surface area contributed by atoms with Gasteiger partial charge in [0.05, 0.1) is 22.8 Å². The Bertz CT molecular complexity index is 1690. The molecule has 4 heterocycles. The van der Waals surface area contributed by atoms with Crippen LogP contribution in [0.2, 0.25) is 5.15 Å². The molecular formula is C26H21ClN4O4. The summed E-state index contributed by atoms with van der Waals surface area (Å²) in [7, 11) is 0. The lowest BCUT2D eigenvalue weighted by Crippen LogP contribution is -2.13. The number of halogens is 1. The number of nitrogens with zero attached hydrogens (tertiary/aromatic N) is 3. The number of rotatable bonds is 5. The van der Waals surface area contributed by atoms with Gasteiger partial charge >= 0.3 is 5.97 Å². The Morgan fingerprint density at radius 1 is 1.11 bits per heavy atom. The lowest BCUT2D eigenvalue weighted by Gasteiger charge is -2.19. The molecule has 0 saturated heterocycles. The first-order valence-electron chi connectivity index (χ1n) is 10.9. The third-order valence-corrected chi connectivity index (χ3v) is 5.97. The molecule has 0 unspecified atom stereocenters. The van der Waals surface area contributed by atoms with Crippen LogP contribution in [-0.4, -0.2) is 25.4 Å². The summed E-state index contributed by atoms with van der Waals surface area (Å²) in [6.07, 6.45) is 3.77. The van der Waals surface area contributed by atoms with E-state index in [1.807, 2.05) is 55.8 Å². The van der Waals surface area contributed by atoms with E-state index in [1.165, 1.54) is 12.1 Å². The fourth-order valence-corrected chi connectivity index (χ4v) is 4.34. The number of carboxylic acids is 1. The molecule has 0 radical (unpaired) electrons. The quantitative estimate of drug-likeness (QED) is 0.308. The summed E-state index contributed by atoms with van der Waals surface area (Å²) in [5.74, 6) is -0.775. The minimum Gasteiger partial charge on any atom is -0.476 e. The highest BCUT2D eigenvalue weighted by molar-refractivity contribution is 6.29. The molecule has 0 spiro atoms. The molecule has 2 N–H and O–H groups in total. The molecule has 5 rings (SSSR count). The third-order valence-electron chi connectivity index (χ3n) is 5.76. The Balaban J connectivity index is 1.63. The SMILES string of the molecule is Cc1cc([C@@H](C)Nc2ccc(Cl)nc2C(=O)O)c2oc(-c3ccc4nc(C)cn4c3)cc(=O)c2c1. The van der Waals surface area contributed by atoms with E-state index in [0.717, 1.165) is 22.5 Å². The summed E-state index contributed by atoms with van der Waals surface area (Å²) in [6.45, 7) is 5.67. The Kier molecular flexibility index (Phi) is 5.53. The summed E-state index contributed by atoms with van der Waals surface area (Å²) in [6, 6.07) is 11.6. The van der Waals surface area contributed by atoms with Gasteiger partial charge in [-0.3, -0.25) is 4.79 Å². The topological polar surface area (TPSA) is 110 Å². The Morgan fingerprint density at radius 3 is 2.69 bits per heavy atom. The molecule has 1 aromatic carbocycles. The predicted molar refractivity (Wildman–Crippen MR) is 134 cm³/mol. The second-order valence-corrected chi connectivity index (χ2v) is 8.86. The average molecular weight is 489 g/mol. The van der Waals surface area contributed by atoms with Crippen LogP contribution in [0.5, 0.6) is 0 Å². The van der Waals surface area contributed by atoms with Crippen molar-refractivity contribution in [2.45, 2.75) is 26.8 Å². The number of benzene rings is 1. The van der Waals surface area contributed by atoms with Crippen LogP contribution in [0.15, 0.2) is 64.1 Å². The van der Waals surface area contributed by atoms with Crippen molar-refractivity contribution in [1.82, 2.24) is 14.4 Å². The van der Waals surface area contributed by atoms with Crippen molar-refractivity contribution in [2.24, 2.45) is 0 Å². The smallest absolute Gasteiger partial charge is 0.356 e. The number of pyridine rings is 2. The number of hydrogen-bond acceptors (Lipinski definition) is 6. The highest BCUT2D eigenvalue weighted by atomic mass is 35.5. The monoisotopic (exact) mass is 488 g/mol. The molecule has 0 bridgehead atoms. The van der Waals surface area contributed by atoms with Crippen molar-refractivity contribution in [3.8, 4) is 11.3 Å². The van der Waals surface area contributed by atoms with E-state index in [1.54, 1.807) is 12.1 Å². The van der Waals surface area contributed by atoms with E-state index in [2.05, 4.69) is 15.3 Å². The average Bonchev–Trinajstić information content (AvgIpc) is 3.19. The fraction of sp³-hybridized carbons (Fsp3) is 0.154. The number of fused-ring (bicyclic) bond motifs is 2. The molecule has 0 saturated carbocycles. The summed E-state index contributed by atoms with van der Waals surface area (Å²) < 4.78 is 8.18. The molecule has 0 amide bonds. The van der Waals surface area contributed by atoms with E-state index in [4.69, 9.17) is 16.0 Å². The molecule has 0 aliphatic rings. The molecular weight excluding hydrogens is 468 g/mol. The highest BCUT2D eigenvalue weighted by Gasteiger charge is 2.20. The first kappa shape index (κ1) is 22.6. The van der Waals surface area contributed by atoms with Crippen LogP contribution in [0.1, 0.15) is 40.3 Å². The molecule has 35 heavy (non-hydrogen) atoms. The van der Waals surface area contributed by atoms with E-state index >= 15 is 0 Å². The van der Waals surface area contributed by atoms with Gasteiger partial charge in [-0.25, -0.2) is 14.8 Å². The number of anilines is 1. The lowest BCUT2D eigenvalue weighted by atomic mass is 10.0. The van der Waals surface area contributed by atoms with Crippen molar-refractivity contribution in [3.05, 3.63) is 92.7 Å². The van der Waals surface area contributed by atoms with Crippen molar-refractivity contribution in [2.75, 3.05) is 5.32 Å². The number of imidazole rings is 1. The van der Waals surface area contributed by atoms with Crippen LogP contribution >= 0.6 is 11.6 Å². The van der Waals surface area contributed by atoms with Crippen LogP contribution in [-0.2, 0) is 0 Å². The van der Waals surface area contributed by atoms with E-state index in [9.17, 15) is 14.7 Å². The van der Waals surface area contributed by atoms with Crippen molar-refractivity contribution in [1.29, 1.82) is 0 Å².